The lowest BCUT2D eigenvalue weighted by Gasteiger charge is -2.38. The summed E-state index contributed by atoms with van der Waals surface area (Å²) in [6, 6.07) is 8.60. The zero-order valence-electron chi connectivity index (χ0n) is 17.4. The van der Waals surface area contributed by atoms with Crippen LogP contribution in [0.5, 0.6) is 0 Å². The van der Waals surface area contributed by atoms with E-state index in [9.17, 15) is 37.5 Å². The Balaban J connectivity index is 1.81. The molecule has 0 radical (unpaired) electrons. The SMILES string of the molecule is COC(=O)C1(CC(=O)O)C(=O)N(Cc2nc3cc(C(F)(F)F)ccc3s2)C(=O)c2ccccc21. The molecule has 1 atom stereocenters. The van der Waals surface area contributed by atoms with Crippen LogP contribution in [0.25, 0.3) is 10.2 Å². The number of amides is 2. The molecule has 1 aromatic heterocycles. The van der Waals surface area contributed by atoms with Crippen molar-refractivity contribution in [2.24, 2.45) is 0 Å². The van der Waals surface area contributed by atoms with Gasteiger partial charge in [0.15, 0.2) is 5.41 Å². The number of halogens is 3. The molecule has 0 saturated heterocycles. The van der Waals surface area contributed by atoms with Crippen molar-refractivity contribution in [3.8, 4) is 0 Å². The first kappa shape index (κ1) is 23.4. The third kappa shape index (κ3) is 3.69. The fraction of sp³-hybridized carbons (Fsp3) is 0.227. The van der Waals surface area contributed by atoms with Crippen molar-refractivity contribution < 1.29 is 42.2 Å². The number of alkyl halides is 3. The van der Waals surface area contributed by atoms with Gasteiger partial charge in [-0.05, 0) is 29.8 Å². The Kier molecular flexibility index (Phi) is 5.64. The van der Waals surface area contributed by atoms with E-state index in [1.165, 1.54) is 30.3 Å². The second-order valence-electron chi connectivity index (χ2n) is 7.50. The molecule has 2 amide bonds. The molecule has 0 fully saturated rings. The summed E-state index contributed by atoms with van der Waals surface area (Å²) in [6.45, 7) is -0.467. The Hall–Kier alpha value is -3.80. The van der Waals surface area contributed by atoms with Crippen molar-refractivity contribution in [1.82, 2.24) is 9.88 Å². The first-order chi connectivity index (χ1) is 16.0. The van der Waals surface area contributed by atoms with Crippen molar-refractivity contribution in [2.75, 3.05) is 7.11 Å². The molecule has 1 aliphatic heterocycles. The number of fused-ring (bicyclic) bond motifs is 2. The van der Waals surface area contributed by atoms with Gasteiger partial charge in [0.1, 0.15) is 5.01 Å². The van der Waals surface area contributed by atoms with Gasteiger partial charge in [-0.1, -0.05) is 18.2 Å². The summed E-state index contributed by atoms with van der Waals surface area (Å²) < 4.78 is 44.2. The van der Waals surface area contributed by atoms with E-state index in [0.717, 1.165) is 30.6 Å². The van der Waals surface area contributed by atoms with Gasteiger partial charge in [-0.15, -0.1) is 11.3 Å². The number of methoxy groups -OCH3 is 1. The first-order valence-electron chi connectivity index (χ1n) is 9.71. The number of carbonyl (C=O) groups excluding carboxylic acids is 3. The number of esters is 1. The van der Waals surface area contributed by atoms with Gasteiger partial charge in [0.05, 0.1) is 35.9 Å². The molecule has 1 N–H and O–H groups in total. The topological polar surface area (TPSA) is 114 Å². The van der Waals surface area contributed by atoms with Gasteiger partial charge in [0.25, 0.3) is 11.8 Å². The smallest absolute Gasteiger partial charge is 0.416 e. The summed E-state index contributed by atoms with van der Waals surface area (Å²) in [6.07, 6.45) is -5.54. The van der Waals surface area contributed by atoms with Gasteiger partial charge in [-0.25, -0.2) is 4.98 Å². The second kappa shape index (κ2) is 8.20. The lowest BCUT2D eigenvalue weighted by atomic mass is 9.71. The van der Waals surface area contributed by atoms with Crippen LogP contribution < -0.4 is 0 Å². The predicted molar refractivity (Wildman–Crippen MR) is 112 cm³/mol. The number of ether oxygens (including phenoxy) is 1. The van der Waals surface area contributed by atoms with Crippen molar-refractivity contribution in [2.45, 2.75) is 24.6 Å². The zero-order valence-corrected chi connectivity index (χ0v) is 18.2. The maximum absolute atomic E-state index is 13.5. The molecule has 0 saturated carbocycles. The number of carboxylic acids is 1. The highest BCUT2D eigenvalue weighted by molar-refractivity contribution is 7.18. The van der Waals surface area contributed by atoms with E-state index >= 15 is 0 Å². The van der Waals surface area contributed by atoms with Crippen LogP contribution in [-0.2, 0) is 37.3 Å². The number of aromatic nitrogens is 1. The number of nitrogens with zero attached hydrogens (tertiary/aromatic N) is 2. The largest absolute Gasteiger partial charge is 0.481 e. The number of rotatable bonds is 5. The Morgan fingerprint density at radius 3 is 2.53 bits per heavy atom. The van der Waals surface area contributed by atoms with Crippen LogP contribution >= 0.6 is 11.3 Å². The lowest BCUT2D eigenvalue weighted by Crippen LogP contribution is -2.58. The molecule has 0 spiro atoms. The second-order valence-corrected chi connectivity index (χ2v) is 8.61. The number of benzene rings is 2. The molecule has 2 aromatic carbocycles. The van der Waals surface area contributed by atoms with Crippen molar-refractivity contribution in [3.63, 3.8) is 0 Å². The summed E-state index contributed by atoms with van der Waals surface area (Å²) >= 11 is 0.967. The van der Waals surface area contributed by atoms with Crippen LogP contribution in [0.4, 0.5) is 13.2 Å². The summed E-state index contributed by atoms with van der Waals surface area (Å²) in [5.41, 5.74) is -3.34. The van der Waals surface area contributed by atoms with E-state index in [0.29, 0.717) is 9.60 Å². The van der Waals surface area contributed by atoms with E-state index in [-0.39, 0.29) is 21.7 Å². The van der Waals surface area contributed by atoms with Gasteiger partial charge >= 0.3 is 18.1 Å². The monoisotopic (exact) mass is 492 g/mol. The highest BCUT2D eigenvalue weighted by atomic mass is 32.1. The van der Waals surface area contributed by atoms with E-state index in [1.807, 2.05) is 0 Å². The third-order valence-corrected chi connectivity index (χ3v) is 6.50. The van der Waals surface area contributed by atoms with Crippen LogP contribution in [0.3, 0.4) is 0 Å². The van der Waals surface area contributed by atoms with Gasteiger partial charge in [0, 0.05) is 5.56 Å². The Morgan fingerprint density at radius 2 is 1.88 bits per heavy atom. The number of carbonyl (C=O) groups is 4. The fourth-order valence-corrected chi connectivity index (χ4v) is 4.90. The van der Waals surface area contributed by atoms with Crippen molar-refractivity contribution in [3.05, 3.63) is 64.2 Å². The molecule has 0 aliphatic carbocycles. The predicted octanol–water partition coefficient (Wildman–Crippen LogP) is 3.38. The van der Waals surface area contributed by atoms with E-state index in [2.05, 4.69) is 4.98 Å². The van der Waals surface area contributed by atoms with Crippen LogP contribution in [0, 0.1) is 0 Å². The van der Waals surface area contributed by atoms with Crippen LogP contribution in [0.15, 0.2) is 42.5 Å². The van der Waals surface area contributed by atoms with Gasteiger partial charge in [-0.2, -0.15) is 13.2 Å². The first-order valence-corrected chi connectivity index (χ1v) is 10.5. The molecule has 1 aliphatic rings. The molecule has 3 aromatic rings. The molecule has 2 heterocycles. The van der Waals surface area contributed by atoms with Crippen LogP contribution in [0.2, 0.25) is 0 Å². The van der Waals surface area contributed by atoms with Gasteiger partial charge < -0.3 is 9.84 Å². The molecular formula is C22H15F3N2O6S. The van der Waals surface area contributed by atoms with Crippen LogP contribution in [-0.4, -0.2) is 45.9 Å². The van der Waals surface area contributed by atoms with Gasteiger partial charge in [-0.3, -0.25) is 24.1 Å². The molecule has 34 heavy (non-hydrogen) atoms. The number of aliphatic carboxylic acids is 1. The minimum Gasteiger partial charge on any atom is -0.481 e. The summed E-state index contributed by atoms with van der Waals surface area (Å²) in [7, 11) is 0.994. The third-order valence-electron chi connectivity index (χ3n) is 5.48. The van der Waals surface area contributed by atoms with E-state index in [1.54, 1.807) is 0 Å². The molecule has 0 bridgehead atoms. The summed E-state index contributed by atoms with van der Waals surface area (Å²) in [4.78, 5) is 56.0. The number of hydrogen-bond donors (Lipinski definition) is 1. The molecule has 12 heteroatoms. The maximum Gasteiger partial charge on any atom is 0.416 e. The molecule has 1 unspecified atom stereocenters. The highest BCUT2D eigenvalue weighted by Gasteiger charge is 2.58. The zero-order chi connectivity index (χ0) is 24.8. The summed E-state index contributed by atoms with van der Waals surface area (Å²) in [5.74, 6) is -4.52. The number of carboxylic acid groups (broad SMARTS) is 1. The molecule has 8 nitrogen and oxygen atoms in total. The van der Waals surface area contributed by atoms with E-state index in [4.69, 9.17) is 4.74 Å². The van der Waals surface area contributed by atoms with Gasteiger partial charge in [0.2, 0.25) is 0 Å². The highest BCUT2D eigenvalue weighted by Crippen LogP contribution is 2.40. The minimum absolute atomic E-state index is 0.0249. The average molecular weight is 492 g/mol. The minimum atomic E-state index is -4.57. The number of hydrogen-bond acceptors (Lipinski definition) is 7. The Morgan fingerprint density at radius 1 is 1.18 bits per heavy atom. The average Bonchev–Trinajstić information content (AvgIpc) is 3.20. The quantitative estimate of drug-likeness (QED) is 0.330. The lowest BCUT2D eigenvalue weighted by molar-refractivity contribution is -0.161. The standard InChI is InChI=1S/C22H15F3N2O6S/c1-33-20(32)21(9-17(28)29)13-5-3-2-4-12(13)18(30)27(19(21)31)10-16-26-14-8-11(22(23,24)25)6-7-15(14)34-16/h2-8H,9-10H2,1H3,(H,28,29). The molecular weight excluding hydrogens is 477 g/mol. The normalized spacial score (nSPS) is 18.2. The molecule has 4 rings (SSSR count). The number of thiazole rings is 1. The number of imide groups is 1. The Bertz CT molecular complexity index is 1350. The van der Waals surface area contributed by atoms with Crippen LogP contribution in [0.1, 0.15) is 32.9 Å². The van der Waals surface area contributed by atoms with Crippen molar-refractivity contribution >= 4 is 45.3 Å². The fourth-order valence-electron chi connectivity index (χ4n) is 3.96. The summed E-state index contributed by atoms with van der Waals surface area (Å²) in [5, 5.41) is 9.61. The molecule has 176 valence electrons. The van der Waals surface area contributed by atoms with Crippen molar-refractivity contribution in [1.29, 1.82) is 0 Å². The van der Waals surface area contributed by atoms with E-state index < -0.39 is 53.9 Å². The maximum atomic E-state index is 13.5. The Labute approximate surface area is 193 Å².